The highest BCUT2D eigenvalue weighted by Crippen LogP contribution is 2.17. The van der Waals surface area contributed by atoms with Crippen molar-refractivity contribution in [2.45, 2.75) is 33.2 Å². The summed E-state index contributed by atoms with van der Waals surface area (Å²) in [5, 5.41) is 0. The molecule has 1 aliphatic heterocycles. The second kappa shape index (κ2) is 4.78. The Morgan fingerprint density at radius 3 is 2.71 bits per heavy atom. The highest BCUT2D eigenvalue weighted by Gasteiger charge is 2.33. The van der Waals surface area contributed by atoms with Crippen LogP contribution in [0.4, 0.5) is 0 Å². The fraction of sp³-hybridized carbons (Fsp3) is 0.909. The van der Waals surface area contributed by atoms with Crippen molar-refractivity contribution in [1.29, 1.82) is 0 Å². The van der Waals surface area contributed by atoms with Crippen molar-refractivity contribution in [3.63, 3.8) is 0 Å². The van der Waals surface area contributed by atoms with E-state index in [1.807, 2.05) is 11.9 Å². The van der Waals surface area contributed by atoms with Crippen molar-refractivity contribution >= 4 is 5.91 Å². The molecule has 0 spiro atoms. The Hall–Kier alpha value is -0.570. The Balaban J connectivity index is 2.51. The van der Waals surface area contributed by atoms with Gasteiger partial charge in [0.25, 0.3) is 0 Å². The number of carbonyl (C=O) groups is 1. The number of nitrogens with zero attached hydrogens (tertiary/aromatic N) is 2. The zero-order chi connectivity index (χ0) is 10.7. The van der Waals surface area contributed by atoms with Gasteiger partial charge in [0, 0.05) is 13.1 Å². The topological polar surface area (TPSA) is 23.6 Å². The number of amides is 1. The molecular formula is C11H22N2O. The van der Waals surface area contributed by atoms with Crippen molar-refractivity contribution in [3.05, 3.63) is 0 Å². The van der Waals surface area contributed by atoms with Crippen molar-refractivity contribution in [3.8, 4) is 0 Å². The third kappa shape index (κ3) is 2.47. The van der Waals surface area contributed by atoms with Crippen LogP contribution < -0.4 is 0 Å². The summed E-state index contributed by atoms with van der Waals surface area (Å²) >= 11 is 0. The van der Waals surface area contributed by atoms with Gasteiger partial charge in [-0.25, -0.2) is 0 Å². The zero-order valence-corrected chi connectivity index (χ0v) is 9.79. The average Bonchev–Trinajstić information content (AvgIpc) is 2.46. The second-order valence-electron chi connectivity index (χ2n) is 4.56. The summed E-state index contributed by atoms with van der Waals surface area (Å²) in [6, 6.07) is 0.138. The summed E-state index contributed by atoms with van der Waals surface area (Å²) in [5.41, 5.74) is 0. The van der Waals surface area contributed by atoms with Gasteiger partial charge >= 0.3 is 0 Å². The van der Waals surface area contributed by atoms with E-state index in [4.69, 9.17) is 0 Å². The van der Waals surface area contributed by atoms with Crippen LogP contribution in [-0.2, 0) is 4.79 Å². The van der Waals surface area contributed by atoms with Crippen molar-refractivity contribution in [2.75, 3.05) is 26.7 Å². The summed E-state index contributed by atoms with van der Waals surface area (Å²) in [6.07, 6.45) is 0.996. The Kier molecular flexibility index (Phi) is 3.93. The van der Waals surface area contributed by atoms with Crippen LogP contribution in [0.2, 0.25) is 0 Å². The van der Waals surface area contributed by atoms with Gasteiger partial charge in [0.2, 0.25) is 5.91 Å². The Labute approximate surface area is 87.1 Å². The maximum Gasteiger partial charge on any atom is 0.239 e. The third-order valence-corrected chi connectivity index (χ3v) is 2.89. The highest BCUT2D eigenvalue weighted by molar-refractivity contribution is 5.83. The Morgan fingerprint density at radius 2 is 2.21 bits per heavy atom. The van der Waals surface area contributed by atoms with Gasteiger partial charge in [0.15, 0.2) is 0 Å². The molecule has 1 amide bonds. The maximum absolute atomic E-state index is 11.9. The molecule has 3 heteroatoms. The third-order valence-electron chi connectivity index (χ3n) is 2.89. The van der Waals surface area contributed by atoms with Crippen LogP contribution in [0.5, 0.6) is 0 Å². The first-order valence-corrected chi connectivity index (χ1v) is 5.55. The highest BCUT2D eigenvalue weighted by atomic mass is 16.2. The summed E-state index contributed by atoms with van der Waals surface area (Å²) < 4.78 is 0. The lowest BCUT2D eigenvalue weighted by atomic mass is 10.2. The van der Waals surface area contributed by atoms with Crippen molar-refractivity contribution in [1.82, 2.24) is 9.80 Å². The van der Waals surface area contributed by atoms with E-state index in [2.05, 4.69) is 25.7 Å². The summed E-state index contributed by atoms with van der Waals surface area (Å²) in [6.45, 7) is 9.21. The minimum absolute atomic E-state index is 0.138. The van der Waals surface area contributed by atoms with Gasteiger partial charge in [0.05, 0.1) is 6.04 Å². The monoisotopic (exact) mass is 198 g/mol. The molecule has 0 aromatic rings. The molecule has 1 heterocycles. The lowest BCUT2D eigenvalue weighted by Crippen LogP contribution is -2.40. The molecule has 82 valence electrons. The van der Waals surface area contributed by atoms with Gasteiger partial charge in [-0.2, -0.15) is 0 Å². The molecule has 3 nitrogen and oxygen atoms in total. The van der Waals surface area contributed by atoms with Crippen LogP contribution in [0, 0.1) is 5.92 Å². The molecule has 0 aliphatic carbocycles. The minimum atomic E-state index is 0.138. The minimum Gasteiger partial charge on any atom is -0.341 e. The predicted octanol–water partition coefficient (Wildman–Crippen LogP) is 1.19. The number of hydrogen-bond acceptors (Lipinski definition) is 2. The van der Waals surface area contributed by atoms with Crippen LogP contribution >= 0.6 is 0 Å². The lowest BCUT2D eigenvalue weighted by molar-refractivity contribution is -0.132. The van der Waals surface area contributed by atoms with Crippen LogP contribution in [-0.4, -0.2) is 48.4 Å². The van der Waals surface area contributed by atoms with Gasteiger partial charge in [-0.3, -0.25) is 9.69 Å². The standard InChI is InChI=1S/C11H22N2O/c1-5-12(4)10-6-7-13(11(10)14)8-9(2)3/h9-10H,5-8H2,1-4H3. The van der Waals surface area contributed by atoms with Crippen LogP contribution in [0.1, 0.15) is 27.2 Å². The number of likely N-dealkylation sites (tertiary alicyclic amines) is 1. The fourth-order valence-electron chi connectivity index (χ4n) is 1.97. The number of rotatable bonds is 4. The first-order chi connectivity index (χ1) is 6.56. The largest absolute Gasteiger partial charge is 0.341 e. The van der Waals surface area contributed by atoms with Gasteiger partial charge in [-0.05, 0) is 25.9 Å². The van der Waals surface area contributed by atoms with E-state index in [0.717, 1.165) is 26.1 Å². The summed E-state index contributed by atoms with van der Waals surface area (Å²) in [4.78, 5) is 16.1. The number of carbonyl (C=O) groups excluding carboxylic acids is 1. The normalized spacial score (nSPS) is 22.9. The molecule has 0 aromatic carbocycles. The van der Waals surface area contributed by atoms with Gasteiger partial charge < -0.3 is 4.90 Å². The number of hydrogen-bond donors (Lipinski definition) is 0. The summed E-state index contributed by atoms with van der Waals surface area (Å²) in [7, 11) is 2.03. The molecule has 0 radical (unpaired) electrons. The van der Waals surface area contributed by atoms with Gasteiger partial charge in [-0.1, -0.05) is 20.8 Å². The molecular weight excluding hydrogens is 176 g/mol. The molecule has 1 unspecified atom stereocenters. The van der Waals surface area contributed by atoms with E-state index in [9.17, 15) is 4.79 Å². The SMILES string of the molecule is CCN(C)C1CCN(CC(C)C)C1=O. The van der Waals surface area contributed by atoms with Crippen molar-refractivity contribution < 1.29 is 4.79 Å². The molecule has 0 aromatic heterocycles. The lowest BCUT2D eigenvalue weighted by Gasteiger charge is -2.23. The molecule has 0 bridgehead atoms. The Morgan fingerprint density at radius 1 is 1.57 bits per heavy atom. The molecule has 0 N–H and O–H groups in total. The van der Waals surface area contributed by atoms with E-state index in [1.54, 1.807) is 0 Å². The average molecular weight is 198 g/mol. The first kappa shape index (κ1) is 11.5. The summed E-state index contributed by atoms with van der Waals surface area (Å²) in [5.74, 6) is 0.896. The van der Waals surface area contributed by atoms with Crippen molar-refractivity contribution in [2.24, 2.45) is 5.92 Å². The van der Waals surface area contributed by atoms with E-state index >= 15 is 0 Å². The first-order valence-electron chi connectivity index (χ1n) is 5.55. The maximum atomic E-state index is 11.9. The van der Waals surface area contributed by atoms with Gasteiger partial charge in [-0.15, -0.1) is 0 Å². The van der Waals surface area contributed by atoms with Crippen LogP contribution in [0.3, 0.4) is 0 Å². The Bertz CT molecular complexity index is 203. The zero-order valence-electron chi connectivity index (χ0n) is 9.79. The van der Waals surface area contributed by atoms with Gasteiger partial charge in [0.1, 0.15) is 0 Å². The molecule has 1 saturated heterocycles. The van der Waals surface area contributed by atoms with Crippen LogP contribution in [0.25, 0.3) is 0 Å². The molecule has 1 fully saturated rings. The number of likely N-dealkylation sites (N-methyl/N-ethyl adjacent to an activating group) is 1. The molecule has 1 aliphatic rings. The van der Waals surface area contributed by atoms with E-state index in [1.165, 1.54) is 0 Å². The molecule has 1 rings (SSSR count). The van der Waals surface area contributed by atoms with Crippen LogP contribution in [0.15, 0.2) is 0 Å². The quantitative estimate of drug-likeness (QED) is 0.677. The predicted molar refractivity (Wildman–Crippen MR) is 58.1 cm³/mol. The fourth-order valence-corrected chi connectivity index (χ4v) is 1.97. The molecule has 14 heavy (non-hydrogen) atoms. The molecule has 0 saturated carbocycles. The van der Waals surface area contributed by atoms with E-state index in [-0.39, 0.29) is 6.04 Å². The van der Waals surface area contributed by atoms with E-state index in [0.29, 0.717) is 11.8 Å². The smallest absolute Gasteiger partial charge is 0.239 e. The van der Waals surface area contributed by atoms with E-state index < -0.39 is 0 Å². The second-order valence-corrected chi connectivity index (χ2v) is 4.56. The molecule has 1 atom stereocenters.